The Morgan fingerprint density at radius 2 is 1.12 bits per heavy atom. The SMILES string of the molecule is CC(C(=O)NCC(=O)NCCN1C(=O)C(S)CC1O)N1CCN([C@@H](C(=O)O)C2CCCCC2)CCN([C@@H](C=O)C2CCCCC2)CCN([C@@H](C(=O)O)C2CCCCC2)CC1. The largest absolute Gasteiger partial charge is 0.480 e. The molecule has 0 spiro atoms. The molecule has 17 heteroatoms. The molecule has 5 rings (SSSR count). The smallest absolute Gasteiger partial charge is 0.321 e. The predicted molar refractivity (Wildman–Crippen MR) is 229 cm³/mol. The third-order valence-corrected chi connectivity index (χ3v) is 14.7. The van der Waals surface area contributed by atoms with Gasteiger partial charge in [-0.15, -0.1) is 0 Å². The summed E-state index contributed by atoms with van der Waals surface area (Å²) in [7, 11) is 0. The van der Waals surface area contributed by atoms with E-state index in [0.717, 1.165) is 103 Å². The van der Waals surface area contributed by atoms with E-state index in [1.807, 2.05) is 4.90 Å². The number of aliphatic hydroxyl groups is 1. The van der Waals surface area contributed by atoms with Crippen molar-refractivity contribution < 1.29 is 44.1 Å². The number of nitrogens with one attached hydrogen (secondary N) is 2. The number of thiol groups is 1. The molecule has 340 valence electrons. The number of hydrogen-bond donors (Lipinski definition) is 6. The van der Waals surface area contributed by atoms with Gasteiger partial charge in [-0.3, -0.25) is 43.6 Å². The molecule has 3 unspecified atom stereocenters. The van der Waals surface area contributed by atoms with Gasteiger partial charge in [0.2, 0.25) is 17.7 Å². The second kappa shape index (κ2) is 24.1. The molecule has 3 saturated carbocycles. The highest BCUT2D eigenvalue weighted by Crippen LogP contribution is 2.33. The number of carboxylic acid groups (broad SMARTS) is 2. The summed E-state index contributed by atoms with van der Waals surface area (Å²) in [6, 6.07) is -2.50. The monoisotopic (exact) mass is 864 g/mol. The number of aldehydes is 1. The molecule has 60 heavy (non-hydrogen) atoms. The molecule has 2 saturated heterocycles. The Bertz CT molecular complexity index is 1370. The lowest BCUT2D eigenvalue weighted by Gasteiger charge is -2.43. The van der Waals surface area contributed by atoms with Crippen LogP contribution in [0.5, 0.6) is 0 Å². The van der Waals surface area contributed by atoms with Crippen LogP contribution in [-0.4, -0.2) is 183 Å². The van der Waals surface area contributed by atoms with Crippen LogP contribution in [-0.2, 0) is 28.8 Å². The van der Waals surface area contributed by atoms with Crippen molar-refractivity contribution in [1.82, 2.24) is 35.1 Å². The first-order valence-corrected chi connectivity index (χ1v) is 23.5. The van der Waals surface area contributed by atoms with Gasteiger partial charge in [0.25, 0.3) is 0 Å². The van der Waals surface area contributed by atoms with E-state index in [9.17, 15) is 44.1 Å². The minimum absolute atomic E-state index is 0.0148. The first-order valence-electron chi connectivity index (χ1n) is 23.0. The van der Waals surface area contributed by atoms with E-state index in [0.29, 0.717) is 52.4 Å². The van der Waals surface area contributed by atoms with Gasteiger partial charge in [0.15, 0.2) is 0 Å². The maximum atomic E-state index is 13.8. The zero-order valence-electron chi connectivity index (χ0n) is 35.8. The van der Waals surface area contributed by atoms with Crippen LogP contribution in [0.25, 0.3) is 0 Å². The van der Waals surface area contributed by atoms with Crippen LogP contribution in [0.1, 0.15) is 110 Å². The molecule has 3 amide bonds. The number of carbonyl (C=O) groups excluding carboxylic acids is 4. The van der Waals surface area contributed by atoms with E-state index in [2.05, 4.69) is 38.0 Å². The highest BCUT2D eigenvalue weighted by molar-refractivity contribution is 7.81. The number of rotatable bonds is 16. The molecular formula is C43H73N7O9S. The quantitative estimate of drug-likeness (QED) is 0.0972. The molecule has 0 aromatic rings. The molecule has 6 atom stereocenters. The summed E-state index contributed by atoms with van der Waals surface area (Å²) in [5, 5.41) is 36.6. The lowest BCUT2D eigenvalue weighted by Crippen LogP contribution is -2.58. The third-order valence-electron chi connectivity index (χ3n) is 14.3. The van der Waals surface area contributed by atoms with E-state index in [1.165, 1.54) is 4.90 Å². The highest BCUT2D eigenvalue weighted by Gasteiger charge is 2.40. The predicted octanol–water partition coefficient (Wildman–Crippen LogP) is 1.89. The number of carbonyl (C=O) groups is 6. The fourth-order valence-corrected chi connectivity index (χ4v) is 11.1. The lowest BCUT2D eigenvalue weighted by molar-refractivity contribution is -0.147. The average molecular weight is 864 g/mol. The first-order chi connectivity index (χ1) is 28.9. The lowest BCUT2D eigenvalue weighted by atomic mass is 9.82. The van der Waals surface area contributed by atoms with E-state index < -0.39 is 53.4 Å². The second-order valence-corrected chi connectivity index (χ2v) is 18.7. The van der Waals surface area contributed by atoms with Crippen molar-refractivity contribution in [3.63, 3.8) is 0 Å². The number of aliphatic carboxylic acids is 2. The van der Waals surface area contributed by atoms with E-state index in [-0.39, 0.29) is 55.8 Å². The van der Waals surface area contributed by atoms with E-state index in [1.54, 1.807) is 6.92 Å². The number of amides is 3. The minimum Gasteiger partial charge on any atom is -0.480 e. The van der Waals surface area contributed by atoms with Gasteiger partial charge in [-0.25, -0.2) is 0 Å². The number of aliphatic hydroxyl groups excluding tert-OH is 1. The molecule has 16 nitrogen and oxygen atoms in total. The van der Waals surface area contributed by atoms with Gasteiger partial charge in [-0.1, -0.05) is 57.8 Å². The maximum absolute atomic E-state index is 13.8. The van der Waals surface area contributed by atoms with Crippen molar-refractivity contribution in [3.05, 3.63) is 0 Å². The molecule has 3 aliphatic carbocycles. The Kier molecular flexibility index (Phi) is 19.4. The summed E-state index contributed by atoms with van der Waals surface area (Å²) in [4.78, 5) is 87.7. The normalized spacial score (nSPS) is 26.9. The third kappa shape index (κ3) is 13.3. The van der Waals surface area contributed by atoms with Gasteiger partial charge < -0.3 is 35.6 Å². The summed E-state index contributed by atoms with van der Waals surface area (Å²) in [6.07, 6.45) is 15.0. The van der Waals surface area contributed by atoms with Crippen molar-refractivity contribution in [3.8, 4) is 0 Å². The van der Waals surface area contributed by atoms with Crippen LogP contribution < -0.4 is 10.6 Å². The Morgan fingerprint density at radius 3 is 1.53 bits per heavy atom. The molecule has 0 aromatic heterocycles. The molecule has 0 bridgehead atoms. The van der Waals surface area contributed by atoms with Crippen LogP contribution in [0.3, 0.4) is 0 Å². The highest BCUT2D eigenvalue weighted by atomic mass is 32.1. The number of likely N-dealkylation sites (tertiary alicyclic amines) is 1. The van der Waals surface area contributed by atoms with Crippen molar-refractivity contribution >= 4 is 48.6 Å². The minimum atomic E-state index is -0.958. The van der Waals surface area contributed by atoms with Gasteiger partial charge in [0, 0.05) is 71.9 Å². The molecular weight excluding hydrogens is 791 g/mol. The Labute approximate surface area is 361 Å². The van der Waals surface area contributed by atoms with Gasteiger partial charge in [-0.2, -0.15) is 12.6 Å². The molecule has 2 aliphatic heterocycles. The van der Waals surface area contributed by atoms with Gasteiger partial charge in [-0.05, 0) is 63.2 Å². The van der Waals surface area contributed by atoms with Gasteiger partial charge in [0.05, 0.1) is 23.9 Å². The molecule has 0 radical (unpaired) electrons. The summed E-state index contributed by atoms with van der Waals surface area (Å²) < 4.78 is 0. The number of carboxylic acids is 2. The van der Waals surface area contributed by atoms with E-state index in [4.69, 9.17) is 0 Å². The van der Waals surface area contributed by atoms with Crippen molar-refractivity contribution in [2.75, 3.05) is 72.0 Å². The summed E-state index contributed by atoms with van der Waals surface area (Å²) in [5.74, 6) is -2.69. The Hall–Kier alpha value is -2.83. The molecule has 5 N–H and O–H groups in total. The van der Waals surface area contributed by atoms with Gasteiger partial charge in [0.1, 0.15) is 24.6 Å². The zero-order valence-corrected chi connectivity index (χ0v) is 36.7. The van der Waals surface area contributed by atoms with Crippen LogP contribution in [0.2, 0.25) is 0 Å². The number of nitrogens with zero attached hydrogens (tertiary/aromatic N) is 5. The summed E-state index contributed by atoms with van der Waals surface area (Å²) in [6.45, 7) is 4.81. The maximum Gasteiger partial charge on any atom is 0.321 e. The van der Waals surface area contributed by atoms with Crippen molar-refractivity contribution in [2.24, 2.45) is 17.8 Å². The molecule has 5 fully saturated rings. The summed E-state index contributed by atoms with van der Waals surface area (Å²) >= 11 is 4.19. The van der Waals surface area contributed by atoms with Crippen LogP contribution in [0, 0.1) is 17.8 Å². The van der Waals surface area contributed by atoms with Gasteiger partial charge >= 0.3 is 11.9 Å². The second-order valence-electron chi connectivity index (χ2n) is 18.0. The van der Waals surface area contributed by atoms with E-state index >= 15 is 0 Å². The fraction of sp³-hybridized carbons (Fsp3) is 0.860. The Morgan fingerprint density at radius 1 is 0.683 bits per heavy atom. The van der Waals surface area contributed by atoms with Crippen molar-refractivity contribution in [2.45, 2.75) is 145 Å². The number of hydrogen-bond acceptors (Lipinski definition) is 12. The van der Waals surface area contributed by atoms with Crippen molar-refractivity contribution in [1.29, 1.82) is 0 Å². The standard InChI is InChI=1S/C43H73N7O9S/c1-30(40(54)45-28-36(52)44-17-18-50-37(53)27-35(60)41(50)55)46-19-23-48(38(42(56)57)32-13-7-3-8-14-32)25-21-47(34(29-51)31-11-5-2-6-12-31)22-26-49(24-20-46)39(43(58)59)33-15-9-4-10-16-33/h29-35,37-39,53,60H,2-28H2,1H3,(H,44,52)(H,45,54)(H,56,57)(H,58,59)/t30?,34-,35?,37?,38+,39+/m0/s1. The zero-order chi connectivity index (χ0) is 43.2. The molecule has 2 heterocycles. The van der Waals surface area contributed by atoms with Crippen LogP contribution >= 0.6 is 12.6 Å². The van der Waals surface area contributed by atoms with Crippen LogP contribution in [0.4, 0.5) is 0 Å². The Balaban J connectivity index is 1.36. The first kappa shape index (κ1) is 48.2. The molecule has 0 aromatic carbocycles. The molecule has 5 aliphatic rings. The summed E-state index contributed by atoms with van der Waals surface area (Å²) in [5.41, 5.74) is 0. The average Bonchev–Trinajstić information content (AvgIpc) is 3.48. The fourth-order valence-electron chi connectivity index (χ4n) is 10.8. The topological polar surface area (TPSA) is 203 Å². The van der Waals surface area contributed by atoms with Crippen LogP contribution in [0.15, 0.2) is 0 Å².